The molecule has 0 aromatic carbocycles. The number of carbonyl (C=O) groups is 1. The quantitative estimate of drug-likeness (QED) is 0.896. The van der Waals surface area contributed by atoms with Crippen LogP contribution in [-0.2, 0) is 0 Å². The minimum Gasteiger partial charge on any atom is -0.370 e. The number of rotatable bonds is 4. The summed E-state index contributed by atoms with van der Waals surface area (Å²) in [5, 5.41) is 3.22. The summed E-state index contributed by atoms with van der Waals surface area (Å²) in [4.78, 5) is 33.8. The van der Waals surface area contributed by atoms with Crippen LogP contribution in [-0.4, -0.2) is 63.5 Å². The van der Waals surface area contributed by atoms with Crippen LogP contribution < -0.4 is 10.2 Å². The summed E-state index contributed by atoms with van der Waals surface area (Å²) >= 11 is 0. The van der Waals surface area contributed by atoms with Gasteiger partial charge in [0.15, 0.2) is 0 Å². The SMILES string of the molecule is CCNc1cc(C)nc(N2CCN(C(=O)c3cnc(C)cn3)CC2)n1. The summed E-state index contributed by atoms with van der Waals surface area (Å²) < 4.78 is 0. The Labute approximate surface area is 147 Å². The van der Waals surface area contributed by atoms with E-state index >= 15 is 0 Å². The van der Waals surface area contributed by atoms with E-state index < -0.39 is 0 Å². The summed E-state index contributed by atoms with van der Waals surface area (Å²) in [6, 6.07) is 1.93. The molecule has 8 heteroatoms. The van der Waals surface area contributed by atoms with Crippen molar-refractivity contribution in [2.24, 2.45) is 0 Å². The van der Waals surface area contributed by atoms with Gasteiger partial charge < -0.3 is 15.1 Å². The average Bonchev–Trinajstić information content (AvgIpc) is 2.62. The smallest absolute Gasteiger partial charge is 0.274 e. The minimum absolute atomic E-state index is 0.0781. The Morgan fingerprint density at radius 1 is 1.08 bits per heavy atom. The van der Waals surface area contributed by atoms with Crippen molar-refractivity contribution in [2.45, 2.75) is 20.8 Å². The van der Waals surface area contributed by atoms with Crippen LogP contribution >= 0.6 is 0 Å². The molecule has 0 atom stereocenters. The molecule has 1 N–H and O–H groups in total. The number of aromatic nitrogens is 4. The molecule has 25 heavy (non-hydrogen) atoms. The summed E-state index contributed by atoms with van der Waals surface area (Å²) in [5.74, 6) is 1.46. The van der Waals surface area contributed by atoms with E-state index in [1.807, 2.05) is 26.8 Å². The fourth-order valence-electron chi connectivity index (χ4n) is 2.74. The first-order valence-electron chi connectivity index (χ1n) is 8.49. The summed E-state index contributed by atoms with van der Waals surface area (Å²) in [6.45, 7) is 9.28. The molecule has 1 amide bonds. The van der Waals surface area contributed by atoms with E-state index in [1.165, 1.54) is 6.20 Å². The second-order valence-electron chi connectivity index (χ2n) is 6.05. The molecule has 0 spiro atoms. The molecule has 3 heterocycles. The first-order chi connectivity index (χ1) is 12.1. The van der Waals surface area contributed by atoms with Gasteiger partial charge in [-0.25, -0.2) is 9.97 Å². The molecule has 0 radical (unpaired) electrons. The second-order valence-corrected chi connectivity index (χ2v) is 6.05. The molecule has 1 aliphatic rings. The molecule has 0 unspecified atom stereocenters. The Bertz CT molecular complexity index is 739. The molecule has 8 nitrogen and oxygen atoms in total. The van der Waals surface area contributed by atoms with Crippen molar-refractivity contribution in [1.29, 1.82) is 0 Å². The van der Waals surface area contributed by atoms with Crippen LogP contribution in [0.15, 0.2) is 18.5 Å². The molecule has 2 aromatic heterocycles. The Morgan fingerprint density at radius 2 is 1.84 bits per heavy atom. The van der Waals surface area contributed by atoms with E-state index in [9.17, 15) is 4.79 Å². The zero-order valence-corrected chi connectivity index (χ0v) is 14.9. The van der Waals surface area contributed by atoms with Gasteiger partial charge in [0.05, 0.1) is 11.9 Å². The molecule has 0 saturated carbocycles. The Balaban J connectivity index is 1.65. The minimum atomic E-state index is -0.0781. The number of hydrogen-bond acceptors (Lipinski definition) is 7. The van der Waals surface area contributed by atoms with Crippen molar-refractivity contribution in [3.8, 4) is 0 Å². The molecule has 3 rings (SSSR count). The second kappa shape index (κ2) is 7.42. The van der Waals surface area contributed by atoms with Crippen molar-refractivity contribution >= 4 is 17.7 Å². The van der Waals surface area contributed by atoms with Gasteiger partial charge >= 0.3 is 0 Å². The van der Waals surface area contributed by atoms with Gasteiger partial charge in [-0.05, 0) is 20.8 Å². The normalized spacial score (nSPS) is 14.5. The van der Waals surface area contributed by atoms with E-state index in [-0.39, 0.29) is 5.91 Å². The van der Waals surface area contributed by atoms with Crippen LogP contribution in [0.5, 0.6) is 0 Å². The van der Waals surface area contributed by atoms with Gasteiger partial charge in [-0.2, -0.15) is 4.98 Å². The van der Waals surface area contributed by atoms with Crippen molar-refractivity contribution in [1.82, 2.24) is 24.8 Å². The molecular weight excluding hydrogens is 318 g/mol. The maximum Gasteiger partial charge on any atom is 0.274 e. The van der Waals surface area contributed by atoms with E-state index in [1.54, 1.807) is 11.1 Å². The number of nitrogens with zero attached hydrogens (tertiary/aromatic N) is 6. The third kappa shape index (κ3) is 4.01. The maximum atomic E-state index is 12.5. The van der Waals surface area contributed by atoms with E-state index in [0.717, 1.165) is 23.8 Å². The lowest BCUT2D eigenvalue weighted by Gasteiger charge is -2.34. The monoisotopic (exact) mass is 341 g/mol. The number of amides is 1. The topological polar surface area (TPSA) is 87.1 Å². The zero-order valence-electron chi connectivity index (χ0n) is 14.9. The molecule has 1 fully saturated rings. The predicted molar refractivity (Wildman–Crippen MR) is 95.8 cm³/mol. The summed E-state index contributed by atoms with van der Waals surface area (Å²) in [5.41, 5.74) is 2.11. The number of aryl methyl sites for hydroxylation is 2. The first-order valence-corrected chi connectivity index (χ1v) is 8.49. The van der Waals surface area contributed by atoms with Gasteiger partial charge in [-0.15, -0.1) is 0 Å². The average molecular weight is 341 g/mol. The molecule has 2 aromatic rings. The maximum absolute atomic E-state index is 12.5. The predicted octanol–water partition coefficient (Wildman–Crippen LogP) is 1.28. The van der Waals surface area contributed by atoms with Crippen molar-refractivity contribution in [3.63, 3.8) is 0 Å². The van der Waals surface area contributed by atoms with Crippen LogP contribution in [0.25, 0.3) is 0 Å². The number of nitrogens with one attached hydrogen (secondary N) is 1. The highest BCUT2D eigenvalue weighted by molar-refractivity contribution is 5.92. The van der Waals surface area contributed by atoms with Crippen LogP contribution in [0.2, 0.25) is 0 Å². The van der Waals surface area contributed by atoms with E-state index in [4.69, 9.17) is 0 Å². The third-order valence-corrected chi connectivity index (χ3v) is 4.05. The largest absolute Gasteiger partial charge is 0.370 e. The van der Waals surface area contributed by atoms with E-state index in [2.05, 4.69) is 30.2 Å². The number of carbonyl (C=O) groups excluding carboxylic acids is 1. The standard InChI is InChI=1S/C17H23N7O/c1-4-18-15-9-12(2)21-17(22-15)24-7-5-23(6-8-24)16(25)14-11-19-13(3)10-20-14/h9-11H,4-8H2,1-3H3,(H,18,21,22). The Hall–Kier alpha value is -2.77. The van der Waals surface area contributed by atoms with Gasteiger partial charge in [0.2, 0.25) is 5.95 Å². The fraction of sp³-hybridized carbons (Fsp3) is 0.471. The van der Waals surface area contributed by atoms with Gasteiger partial charge in [-0.1, -0.05) is 0 Å². The molecule has 1 saturated heterocycles. The highest BCUT2D eigenvalue weighted by Gasteiger charge is 2.24. The molecular formula is C17H23N7O. The van der Waals surface area contributed by atoms with Gasteiger partial charge in [0.1, 0.15) is 11.5 Å². The van der Waals surface area contributed by atoms with Gasteiger partial charge in [0, 0.05) is 50.7 Å². The van der Waals surface area contributed by atoms with Crippen molar-refractivity contribution in [3.05, 3.63) is 35.5 Å². The lowest BCUT2D eigenvalue weighted by Crippen LogP contribution is -2.49. The summed E-state index contributed by atoms with van der Waals surface area (Å²) in [6.07, 6.45) is 3.16. The third-order valence-electron chi connectivity index (χ3n) is 4.05. The summed E-state index contributed by atoms with van der Waals surface area (Å²) in [7, 11) is 0. The number of anilines is 2. The highest BCUT2D eigenvalue weighted by atomic mass is 16.2. The Morgan fingerprint density at radius 3 is 2.48 bits per heavy atom. The van der Waals surface area contributed by atoms with Gasteiger partial charge in [0.25, 0.3) is 5.91 Å². The van der Waals surface area contributed by atoms with Crippen molar-refractivity contribution < 1.29 is 4.79 Å². The fourth-order valence-corrected chi connectivity index (χ4v) is 2.74. The lowest BCUT2D eigenvalue weighted by molar-refractivity contribution is 0.0739. The molecule has 1 aliphatic heterocycles. The first kappa shape index (κ1) is 17.1. The molecule has 132 valence electrons. The molecule has 0 aliphatic carbocycles. The lowest BCUT2D eigenvalue weighted by atomic mass is 10.3. The Kier molecular flexibility index (Phi) is 5.06. The van der Waals surface area contributed by atoms with Crippen LogP contribution in [0, 0.1) is 13.8 Å². The number of piperazine rings is 1. The number of hydrogen-bond donors (Lipinski definition) is 1. The van der Waals surface area contributed by atoms with Crippen LogP contribution in [0.4, 0.5) is 11.8 Å². The van der Waals surface area contributed by atoms with Crippen LogP contribution in [0.1, 0.15) is 28.8 Å². The van der Waals surface area contributed by atoms with Gasteiger partial charge in [-0.3, -0.25) is 9.78 Å². The van der Waals surface area contributed by atoms with E-state index in [0.29, 0.717) is 37.8 Å². The highest BCUT2D eigenvalue weighted by Crippen LogP contribution is 2.16. The van der Waals surface area contributed by atoms with Crippen LogP contribution in [0.3, 0.4) is 0 Å². The molecule has 0 bridgehead atoms. The zero-order chi connectivity index (χ0) is 17.8. The van der Waals surface area contributed by atoms with Crippen molar-refractivity contribution in [2.75, 3.05) is 42.9 Å².